The lowest BCUT2D eigenvalue weighted by Gasteiger charge is -2.22. The molecule has 0 saturated heterocycles. The second-order valence-corrected chi connectivity index (χ2v) is 5.13. The van der Waals surface area contributed by atoms with Gasteiger partial charge in [-0.05, 0) is 48.5 Å². The highest BCUT2D eigenvalue weighted by Gasteiger charge is 2.41. The number of methoxy groups -OCH3 is 1. The third-order valence-electron chi connectivity index (χ3n) is 3.31. The summed E-state index contributed by atoms with van der Waals surface area (Å²) < 4.78 is 82.0. The van der Waals surface area contributed by atoms with Crippen LogP contribution in [0.1, 0.15) is 11.1 Å². The molecule has 0 fully saturated rings. The summed E-state index contributed by atoms with van der Waals surface area (Å²) in [5.74, 6) is 2.65. The predicted molar refractivity (Wildman–Crippen MR) is 84.9 cm³/mol. The van der Waals surface area contributed by atoms with Crippen LogP contribution in [0.5, 0.6) is 5.75 Å². The number of rotatable bonds is 2. The lowest BCUT2D eigenvalue weighted by Crippen LogP contribution is -2.42. The number of alkyl halides is 6. The van der Waals surface area contributed by atoms with E-state index < -0.39 is 34.5 Å². The van der Waals surface area contributed by atoms with Crippen LogP contribution in [-0.2, 0) is 11.0 Å². The van der Waals surface area contributed by atoms with Crippen LogP contribution >= 0.6 is 0 Å². The molecule has 2 rings (SSSR count). The second-order valence-electron chi connectivity index (χ2n) is 5.13. The molecule has 0 N–H and O–H groups in total. The lowest BCUT2D eigenvalue weighted by atomic mass is 10.1. The van der Waals surface area contributed by atoms with Crippen molar-refractivity contribution in [2.45, 2.75) is 12.5 Å². The smallest absolute Gasteiger partial charge is 0.492 e. The van der Waals surface area contributed by atoms with Gasteiger partial charge in [0.15, 0.2) is 0 Å². The number of halogens is 6. The summed E-state index contributed by atoms with van der Waals surface area (Å²) in [6.45, 7) is 0. The minimum atomic E-state index is -5.04. The van der Waals surface area contributed by atoms with Gasteiger partial charge in [-0.2, -0.15) is 13.2 Å². The van der Waals surface area contributed by atoms with Crippen LogP contribution in [0.4, 0.5) is 32.0 Å². The number of anilines is 1. The van der Waals surface area contributed by atoms with Crippen molar-refractivity contribution in [2.24, 2.45) is 0 Å². The molecule has 2 aromatic carbocycles. The third kappa shape index (κ3) is 5.17. The number of hydrogen-bond acceptors (Lipinski definition) is 2. The molecular formula is C18H11F6NO2. The van der Waals surface area contributed by atoms with E-state index in [2.05, 4.69) is 5.92 Å². The Morgan fingerprint density at radius 1 is 0.926 bits per heavy atom. The zero-order valence-electron chi connectivity index (χ0n) is 13.7. The second kappa shape index (κ2) is 7.61. The highest BCUT2D eigenvalue weighted by atomic mass is 19.4. The van der Waals surface area contributed by atoms with Crippen molar-refractivity contribution >= 4 is 11.6 Å². The molecule has 27 heavy (non-hydrogen) atoms. The quantitative estimate of drug-likeness (QED) is 0.428. The van der Waals surface area contributed by atoms with E-state index in [1.54, 1.807) is 5.92 Å². The summed E-state index contributed by atoms with van der Waals surface area (Å²) in [6.07, 6.45) is -9.59. The number of amides is 1. The van der Waals surface area contributed by atoms with Crippen LogP contribution in [-0.4, -0.2) is 19.3 Å². The van der Waals surface area contributed by atoms with Crippen LogP contribution in [0.15, 0.2) is 48.5 Å². The molecular weight excluding hydrogens is 376 g/mol. The van der Waals surface area contributed by atoms with Gasteiger partial charge in [-0.3, -0.25) is 4.79 Å². The average molecular weight is 387 g/mol. The van der Waals surface area contributed by atoms with Crippen LogP contribution < -0.4 is 9.64 Å². The van der Waals surface area contributed by atoms with Crippen molar-refractivity contribution in [2.75, 3.05) is 12.0 Å². The summed E-state index contributed by atoms with van der Waals surface area (Å²) >= 11 is 0. The largest absolute Gasteiger partial charge is 0.497 e. The van der Waals surface area contributed by atoms with E-state index in [0.717, 1.165) is 36.4 Å². The molecule has 0 aliphatic carbocycles. The molecule has 0 saturated carbocycles. The summed E-state index contributed by atoms with van der Waals surface area (Å²) in [7, 11) is 1.33. The van der Waals surface area contributed by atoms with E-state index in [1.165, 1.54) is 19.2 Å². The first-order chi connectivity index (χ1) is 12.5. The standard InChI is InChI=1S/C18H11F6NO2/c1-27-15-9-7-14(8-10-15)25(18(22,23)24)16(26)11-4-12-2-5-13(6-3-12)17(19,20)21/h2-3,5-10H,1H3. The van der Waals surface area contributed by atoms with Crippen molar-refractivity contribution in [3.05, 3.63) is 59.7 Å². The fourth-order valence-corrected chi connectivity index (χ4v) is 2.03. The number of carbonyl (C=O) groups excluding carboxylic acids is 1. The van der Waals surface area contributed by atoms with Crippen molar-refractivity contribution in [3.8, 4) is 17.6 Å². The molecule has 2 aromatic rings. The molecule has 3 nitrogen and oxygen atoms in total. The Morgan fingerprint density at radius 2 is 1.48 bits per heavy atom. The van der Waals surface area contributed by atoms with Gasteiger partial charge in [0.1, 0.15) is 5.75 Å². The summed E-state index contributed by atoms with van der Waals surface area (Å²) in [5.41, 5.74) is -1.45. The Morgan fingerprint density at radius 3 is 1.93 bits per heavy atom. The van der Waals surface area contributed by atoms with Crippen molar-refractivity contribution < 1.29 is 35.9 Å². The SMILES string of the molecule is COc1ccc(N(C(=O)C#Cc2ccc(C(F)(F)F)cc2)C(F)(F)F)cc1. The molecule has 0 heterocycles. The number of ether oxygens (including phenoxy) is 1. The fourth-order valence-electron chi connectivity index (χ4n) is 2.03. The zero-order chi connectivity index (χ0) is 20.2. The predicted octanol–water partition coefficient (Wildman–Crippen LogP) is 4.62. The molecule has 0 aliphatic heterocycles. The normalized spacial score (nSPS) is 11.4. The first kappa shape index (κ1) is 20.2. The van der Waals surface area contributed by atoms with Gasteiger partial charge in [0, 0.05) is 11.5 Å². The molecule has 0 unspecified atom stereocenters. The molecule has 142 valence electrons. The highest BCUT2D eigenvalue weighted by molar-refractivity contribution is 6.06. The zero-order valence-corrected chi connectivity index (χ0v) is 13.7. The van der Waals surface area contributed by atoms with Gasteiger partial charge in [0.05, 0.1) is 18.4 Å². The Hall–Kier alpha value is -3.15. The Kier molecular flexibility index (Phi) is 5.69. The average Bonchev–Trinajstić information content (AvgIpc) is 2.59. The molecule has 0 aliphatic rings. The fraction of sp³-hybridized carbons (Fsp3) is 0.167. The maximum Gasteiger partial charge on any atom is 0.492 e. The first-order valence-electron chi connectivity index (χ1n) is 7.26. The van der Waals surface area contributed by atoms with Crippen LogP contribution in [0.3, 0.4) is 0 Å². The van der Waals surface area contributed by atoms with Gasteiger partial charge >= 0.3 is 18.4 Å². The van der Waals surface area contributed by atoms with Crippen LogP contribution in [0.25, 0.3) is 0 Å². The Labute approximate surface area is 150 Å². The van der Waals surface area contributed by atoms with Crippen molar-refractivity contribution in [1.82, 2.24) is 0 Å². The van der Waals surface area contributed by atoms with E-state index >= 15 is 0 Å². The van der Waals surface area contributed by atoms with E-state index in [4.69, 9.17) is 4.74 Å². The van der Waals surface area contributed by atoms with Crippen molar-refractivity contribution in [3.63, 3.8) is 0 Å². The van der Waals surface area contributed by atoms with Crippen LogP contribution in [0, 0.1) is 11.8 Å². The van der Waals surface area contributed by atoms with Gasteiger partial charge in [-0.25, -0.2) is 4.90 Å². The number of benzene rings is 2. The van der Waals surface area contributed by atoms with E-state index in [9.17, 15) is 31.1 Å². The maximum absolute atomic E-state index is 13.2. The van der Waals surface area contributed by atoms with Crippen LogP contribution in [0.2, 0.25) is 0 Å². The molecule has 0 spiro atoms. The topological polar surface area (TPSA) is 29.5 Å². The Bertz CT molecular complexity index is 858. The minimum absolute atomic E-state index is 0.0341. The molecule has 9 heteroatoms. The van der Waals surface area contributed by atoms with E-state index in [-0.39, 0.29) is 5.56 Å². The Balaban J connectivity index is 2.28. The van der Waals surface area contributed by atoms with Gasteiger partial charge in [-0.1, -0.05) is 5.92 Å². The lowest BCUT2D eigenvalue weighted by molar-refractivity contribution is -0.146. The van der Waals surface area contributed by atoms with Gasteiger partial charge in [-0.15, -0.1) is 13.2 Å². The third-order valence-corrected chi connectivity index (χ3v) is 3.31. The number of hydrogen-bond donors (Lipinski definition) is 0. The van der Waals surface area contributed by atoms with Gasteiger partial charge in [0.2, 0.25) is 0 Å². The van der Waals surface area contributed by atoms with Gasteiger partial charge < -0.3 is 4.74 Å². The monoisotopic (exact) mass is 387 g/mol. The maximum atomic E-state index is 13.2. The summed E-state index contributed by atoms with van der Waals surface area (Å²) in [4.78, 5) is 11.5. The van der Waals surface area contributed by atoms with E-state index in [1.807, 2.05) is 0 Å². The molecule has 0 atom stereocenters. The highest BCUT2D eigenvalue weighted by Crippen LogP contribution is 2.30. The molecule has 1 amide bonds. The minimum Gasteiger partial charge on any atom is -0.497 e. The summed E-state index contributed by atoms with van der Waals surface area (Å²) in [5, 5.41) is 0. The number of nitrogens with zero attached hydrogens (tertiary/aromatic N) is 1. The molecule has 0 aromatic heterocycles. The van der Waals surface area contributed by atoms with Crippen molar-refractivity contribution in [1.29, 1.82) is 0 Å². The summed E-state index contributed by atoms with van der Waals surface area (Å²) in [6, 6.07) is 7.92. The molecule has 0 bridgehead atoms. The number of carbonyl (C=O) groups is 1. The van der Waals surface area contributed by atoms with Gasteiger partial charge in [0.25, 0.3) is 0 Å². The van der Waals surface area contributed by atoms with E-state index in [0.29, 0.717) is 5.75 Å². The first-order valence-corrected chi connectivity index (χ1v) is 7.26. The molecule has 0 radical (unpaired) electrons.